The number of hydrogen-bond donors (Lipinski definition) is 1. The fourth-order valence-electron chi connectivity index (χ4n) is 0. The van der Waals surface area contributed by atoms with Gasteiger partial charge in [-0.2, -0.15) is 4.91 Å². The molecule has 0 aliphatic heterocycles. The molecule has 8 heteroatoms. The minimum absolute atomic E-state index is 0. The monoisotopic (exact) mass is 403 g/mol. The second-order valence-electron chi connectivity index (χ2n) is 0. The Morgan fingerprint density at radius 1 is 0.625 bits per heavy atom. The number of hydrogen-bond acceptors (Lipinski definition) is 2. The van der Waals surface area contributed by atoms with E-state index in [-0.39, 0.29) is 81.8 Å². The van der Waals surface area contributed by atoms with Gasteiger partial charge in [0.2, 0.25) is 0 Å². The molecule has 0 saturated carbocycles. The van der Waals surface area contributed by atoms with E-state index in [0.29, 0.717) is 0 Å². The van der Waals surface area contributed by atoms with Crippen molar-refractivity contribution in [1.29, 1.82) is 5.59 Å². The summed E-state index contributed by atoms with van der Waals surface area (Å²) in [6.45, 7) is 0. The van der Waals surface area contributed by atoms with Crippen LogP contribution in [-0.4, -0.2) is 0 Å². The van der Waals surface area contributed by atoms with E-state index in [1.54, 1.807) is 0 Å². The van der Waals surface area contributed by atoms with Crippen LogP contribution in [0.15, 0.2) is 0 Å². The van der Waals surface area contributed by atoms with Gasteiger partial charge in [-0.05, 0) is 0 Å². The van der Waals surface area contributed by atoms with Gasteiger partial charge >= 0.3 is 0 Å². The van der Waals surface area contributed by atoms with Gasteiger partial charge in [0.25, 0.3) is 0 Å². The molecule has 0 fully saturated rings. The minimum Gasteiger partial charge on any atom is -0.154 e. The van der Waals surface area contributed by atoms with E-state index in [4.69, 9.17) is 4.91 Å². The van der Waals surface area contributed by atoms with Crippen molar-refractivity contribution in [3.63, 3.8) is 0 Å². The van der Waals surface area contributed by atoms with Gasteiger partial charge < -0.3 is 0 Å². The Kier molecular flexibility index (Phi) is 2280. The van der Waals surface area contributed by atoms with Crippen molar-refractivity contribution in [2.45, 2.75) is 0 Å². The van der Waals surface area contributed by atoms with Crippen molar-refractivity contribution < 1.29 is 19.8 Å². The molecule has 1 N–H and O–H groups in total. The van der Waals surface area contributed by atoms with Crippen molar-refractivity contribution >= 4 is 62.0 Å². The van der Waals surface area contributed by atoms with E-state index in [0.717, 1.165) is 0 Å². The van der Waals surface area contributed by atoms with Crippen molar-refractivity contribution in [1.82, 2.24) is 0 Å². The Hall–Kier alpha value is 1.69. The van der Waals surface area contributed by atoms with Crippen LogP contribution in [0.1, 0.15) is 0 Å². The van der Waals surface area contributed by atoms with Crippen molar-refractivity contribution in [2.24, 2.45) is 0 Å². The summed E-state index contributed by atoms with van der Waals surface area (Å²) in [6, 6.07) is 0. The first kappa shape index (κ1) is 101. The molecule has 0 amide bonds. The molecule has 0 aliphatic carbocycles. The molecular formula is H6Cl5NOOs. The summed E-state index contributed by atoms with van der Waals surface area (Å²) in [5, 5.41) is 0. The van der Waals surface area contributed by atoms with Gasteiger partial charge in [-0.25, -0.2) is 0 Å². The van der Waals surface area contributed by atoms with Gasteiger partial charge in [-0.1, -0.05) is 5.59 Å². The fourth-order valence-corrected chi connectivity index (χ4v) is 0. The van der Waals surface area contributed by atoms with Gasteiger partial charge in [-0.3, -0.25) is 0 Å². The standard InChI is InChI=1S/5ClH.HNO.Os/c;;;;;1-2;/h5*1H;1H;. The molecule has 0 atom stereocenters. The molecule has 0 spiro atoms. The zero-order chi connectivity index (χ0) is 2.00. The Labute approximate surface area is 91.8 Å². The van der Waals surface area contributed by atoms with Crippen LogP contribution in [-0.2, 0) is 19.8 Å². The molecule has 0 aliphatic rings. The average molecular weight is 404 g/mol. The maximum atomic E-state index is 7.50. The molecule has 60 valence electrons. The molecule has 0 aromatic rings. The number of nitroso groups, excluding NO2 is 1. The van der Waals surface area contributed by atoms with E-state index >= 15 is 0 Å². The summed E-state index contributed by atoms with van der Waals surface area (Å²) >= 11 is 0. The average Bonchev–Trinajstić information content (AvgIpc) is 1.00. The molecule has 0 radical (unpaired) electrons. The van der Waals surface area contributed by atoms with Crippen LogP contribution >= 0.6 is 62.0 Å². The van der Waals surface area contributed by atoms with E-state index in [9.17, 15) is 0 Å². The topological polar surface area (TPSA) is 40.9 Å². The van der Waals surface area contributed by atoms with E-state index in [1.807, 2.05) is 0 Å². The van der Waals surface area contributed by atoms with Gasteiger partial charge in [0, 0.05) is 19.8 Å². The third-order valence-electron chi connectivity index (χ3n) is 0. The smallest absolute Gasteiger partial charge is 0 e. The summed E-state index contributed by atoms with van der Waals surface area (Å²) in [7, 11) is 0. The second kappa shape index (κ2) is 180. The maximum absolute atomic E-state index is 7.50. The number of rotatable bonds is 0. The Morgan fingerprint density at radius 2 is 0.625 bits per heavy atom. The second-order valence-corrected chi connectivity index (χ2v) is 0. The van der Waals surface area contributed by atoms with Crippen LogP contribution in [0.4, 0.5) is 0 Å². The molecule has 0 saturated heterocycles. The quantitative estimate of drug-likeness (QED) is 0.620. The van der Waals surface area contributed by atoms with Crippen LogP contribution in [0.25, 0.3) is 0 Å². The van der Waals surface area contributed by atoms with Crippen molar-refractivity contribution in [2.75, 3.05) is 0 Å². The molecule has 0 heterocycles. The largest absolute Gasteiger partial charge is 0.154 e. The maximum Gasteiger partial charge on any atom is 0 e. The summed E-state index contributed by atoms with van der Waals surface area (Å²) in [5.74, 6) is 0. The van der Waals surface area contributed by atoms with Crippen LogP contribution in [0.3, 0.4) is 0 Å². The molecule has 0 bridgehead atoms. The Morgan fingerprint density at radius 3 is 0.625 bits per heavy atom. The summed E-state index contributed by atoms with van der Waals surface area (Å²) in [5.41, 5.74) is 4.50. The van der Waals surface area contributed by atoms with Gasteiger partial charge in [0.1, 0.15) is 0 Å². The van der Waals surface area contributed by atoms with E-state index in [2.05, 4.69) is 5.59 Å². The van der Waals surface area contributed by atoms with Gasteiger partial charge in [0.15, 0.2) is 0 Å². The molecular weight excluding hydrogens is 398 g/mol. The Bertz CT molecular complexity index is 12.4. The number of nitrogens with one attached hydrogen (secondary N) is 1. The third kappa shape index (κ3) is 121. The van der Waals surface area contributed by atoms with Crippen LogP contribution in [0.2, 0.25) is 0 Å². The van der Waals surface area contributed by atoms with Crippen molar-refractivity contribution in [3.05, 3.63) is 4.91 Å². The summed E-state index contributed by atoms with van der Waals surface area (Å²) < 4.78 is 0. The molecule has 2 nitrogen and oxygen atoms in total. The number of halogens is 5. The fraction of sp³-hybridized carbons (Fsp3) is 0. The Balaban J connectivity index is -0.000000000333. The first-order valence-corrected chi connectivity index (χ1v) is 0.204. The molecule has 0 rings (SSSR count). The first-order valence-electron chi connectivity index (χ1n) is 0.204. The zero-order valence-electron chi connectivity index (χ0n) is 3.30. The summed E-state index contributed by atoms with van der Waals surface area (Å²) in [4.78, 5) is 7.50. The SMILES string of the molecule is Cl.Cl.Cl.Cl.Cl.N=O.[Os]. The normalized spacial score (nSPS) is 0.500. The first-order chi connectivity index (χ1) is 1.00. The molecule has 0 aromatic carbocycles. The van der Waals surface area contributed by atoms with Gasteiger partial charge in [-0.15, -0.1) is 62.0 Å². The van der Waals surface area contributed by atoms with Crippen molar-refractivity contribution in [3.8, 4) is 0 Å². The van der Waals surface area contributed by atoms with Crippen LogP contribution < -0.4 is 0 Å². The molecule has 8 heavy (non-hydrogen) atoms. The minimum atomic E-state index is 0. The molecule has 0 unspecified atom stereocenters. The summed E-state index contributed by atoms with van der Waals surface area (Å²) in [6.07, 6.45) is 0. The third-order valence-corrected chi connectivity index (χ3v) is 0. The predicted molar refractivity (Wildman–Crippen MR) is 42.3 cm³/mol. The predicted octanol–water partition coefficient (Wildman–Crippen LogP) is 2.44. The molecule has 0 aromatic heterocycles. The van der Waals surface area contributed by atoms with E-state index in [1.165, 1.54) is 0 Å². The van der Waals surface area contributed by atoms with Crippen LogP contribution in [0, 0.1) is 10.5 Å². The van der Waals surface area contributed by atoms with Crippen LogP contribution in [0.5, 0.6) is 0 Å². The van der Waals surface area contributed by atoms with Gasteiger partial charge in [0.05, 0.1) is 0 Å². The van der Waals surface area contributed by atoms with E-state index < -0.39 is 0 Å². The zero-order valence-corrected chi connectivity index (χ0v) is 9.93.